The molecule has 3 heteroatoms. The summed E-state index contributed by atoms with van der Waals surface area (Å²) in [5, 5.41) is 0. The van der Waals surface area contributed by atoms with Crippen molar-refractivity contribution in [2.75, 3.05) is 39.4 Å². The molecular formula is C15H34N2O. The highest BCUT2D eigenvalue weighted by molar-refractivity contribution is 4.85. The highest BCUT2D eigenvalue weighted by atomic mass is 16.5. The van der Waals surface area contributed by atoms with Crippen LogP contribution in [0.5, 0.6) is 0 Å². The molecule has 2 saturated heterocycles. The molecule has 0 spiro atoms. The van der Waals surface area contributed by atoms with Crippen molar-refractivity contribution in [3.63, 3.8) is 0 Å². The lowest BCUT2D eigenvalue weighted by atomic mass is 10.2. The normalized spacial score (nSPS) is 25.2. The summed E-state index contributed by atoms with van der Waals surface area (Å²) >= 11 is 0. The third kappa shape index (κ3) is 5.68. The maximum Gasteiger partial charge on any atom is 0.0594 e. The molecule has 1 unspecified atom stereocenters. The lowest BCUT2D eigenvalue weighted by Gasteiger charge is -2.32. The van der Waals surface area contributed by atoms with Gasteiger partial charge in [0.1, 0.15) is 0 Å². The monoisotopic (exact) mass is 258 g/mol. The van der Waals surface area contributed by atoms with Crippen molar-refractivity contribution >= 4 is 0 Å². The van der Waals surface area contributed by atoms with Gasteiger partial charge in [-0.3, -0.25) is 9.80 Å². The molecule has 0 N–H and O–H groups in total. The van der Waals surface area contributed by atoms with Crippen LogP contribution in [-0.2, 0) is 4.74 Å². The first-order valence-electron chi connectivity index (χ1n) is 7.83. The number of rotatable bonds is 2. The summed E-state index contributed by atoms with van der Waals surface area (Å²) in [5.74, 6) is 0. The van der Waals surface area contributed by atoms with Gasteiger partial charge in [-0.2, -0.15) is 0 Å². The van der Waals surface area contributed by atoms with Crippen LogP contribution < -0.4 is 0 Å². The molecule has 0 bridgehead atoms. The molecule has 0 aromatic heterocycles. The van der Waals surface area contributed by atoms with Gasteiger partial charge in [0.2, 0.25) is 0 Å². The van der Waals surface area contributed by atoms with Crippen LogP contribution >= 0.6 is 0 Å². The van der Waals surface area contributed by atoms with Gasteiger partial charge >= 0.3 is 0 Å². The lowest BCUT2D eigenvalue weighted by Crippen LogP contribution is -2.45. The molecule has 2 rings (SSSR count). The second-order valence-electron chi connectivity index (χ2n) is 4.68. The van der Waals surface area contributed by atoms with Crippen LogP contribution in [0.1, 0.15) is 48.0 Å². The predicted octanol–water partition coefficient (Wildman–Crippen LogP) is 2.85. The summed E-state index contributed by atoms with van der Waals surface area (Å²) in [6.45, 7) is 19.3. The smallest absolute Gasteiger partial charge is 0.0594 e. The van der Waals surface area contributed by atoms with Crippen molar-refractivity contribution < 1.29 is 4.74 Å². The van der Waals surface area contributed by atoms with E-state index in [0.29, 0.717) is 6.04 Å². The van der Waals surface area contributed by atoms with Crippen LogP contribution in [0.2, 0.25) is 0 Å². The third-order valence-electron chi connectivity index (χ3n) is 3.49. The average Bonchev–Trinajstić information content (AvgIpc) is 2.94. The van der Waals surface area contributed by atoms with E-state index in [2.05, 4.69) is 23.6 Å². The van der Waals surface area contributed by atoms with Gasteiger partial charge in [-0.1, -0.05) is 27.7 Å². The first-order chi connectivity index (χ1) is 8.77. The van der Waals surface area contributed by atoms with E-state index in [4.69, 9.17) is 4.74 Å². The van der Waals surface area contributed by atoms with E-state index in [1.54, 1.807) is 0 Å². The van der Waals surface area contributed by atoms with Crippen LogP contribution in [0.3, 0.4) is 0 Å². The Morgan fingerprint density at radius 3 is 1.94 bits per heavy atom. The summed E-state index contributed by atoms with van der Waals surface area (Å²) in [4.78, 5) is 5.19. The maximum absolute atomic E-state index is 5.38. The molecule has 0 amide bonds. The first-order valence-corrected chi connectivity index (χ1v) is 7.83. The van der Waals surface area contributed by atoms with Gasteiger partial charge in [0.15, 0.2) is 0 Å². The second-order valence-corrected chi connectivity index (χ2v) is 4.68. The van der Waals surface area contributed by atoms with Gasteiger partial charge in [-0.05, 0) is 20.3 Å². The largest absolute Gasteiger partial charge is 0.379 e. The Morgan fingerprint density at radius 2 is 1.50 bits per heavy atom. The van der Waals surface area contributed by atoms with Crippen molar-refractivity contribution in [3.8, 4) is 0 Å². The lowest BCUT2D eigenvalue weighted by molar-refractivity contribution is 0.0179. The van der Waals surface area contributed by atoms with Gasteiger partial charge in [0.05, 0.1) is 13.2 Å². The van der Waals surface area contributed by atoms with E-state index < -0.39 is 0 Å². The zero-order valence-corrected chi connectivity index (χ0v) is 13.4. The van der Waals surface area contributed by atoms with Crippen LogP contribution in [0.4, 0.5) is 0 Å². The van der Waals surface area contributed by atoms with Crippen LogP contribution in [-0.4, -0.2) is 61.3 Å². The predicted molar refractivity (Wildman–Crippen MR) is 80.2 cm³/mol. The molecule has 0 aromatic rings. The minimum Gasteiger partial charge on any atom is -0.379 e. The minimum atomic E-state index is 0.709. The van der Waals surface area contributed by atoms with Crippen LogP contribution in [0, 0.1) is 0 Å². The number of hydrogen-bond donors (Lipinski definition) is 0. The fraction of sp³-hybridized carbons (Fsp3) is 1.00. The molecule has 0 aromatic carbocycles. The SMILES string of the molecule is CC.CC.CC(C)N1CCC(N2CCOCC2)C1. The Labute approximate surface area is 114 Å². The van der Waals surface area contributed by atoms with E-state index in [-0.39, 0.29) is 0 Å². The van der Waals surface area contributed by atoms with Crippen molar-refractivity contribution in [1.82, 2.24) is 9.80 Å². The van der Waals surface area contributed by atoms with Gasteiger partial charge < -0.3 is 4.74 Å². The van der Waals surface area contributed by atoms with E-state index in [1.165, 1.54) is 19.5 Å². The summed E-state index contributed by atoms with van der Waals surface area (Å²) in [6.07, 6.45) is 1.35. The zero-order chi connectivity index (χ0) is 14.0. The Kier molecular flexibility index (Phi) is 10.7. The fourth-order valence-corrected chi connectivity index (χ4v) is 2.48. The second kappa shape index (κ2) is 10.8. The molecule has 2 heterocycles. The molecule has 0 radical (unpaired) electrons. The zero-order valence-electron chi connectivity index (χ0n) is 13.4. The molecule has 110 valence electrons. The summed E-state index contributed by atoms with van der Waals surface area (Å²) in [7, 11) is 0. The van der Waals surface area contributed by atoms with Gasteiger partial charge in [0, 0.05) is 38.3 Å². The summed E-state index contributed by atoms with van der Waals surface area (Å²) in [5.41, 5.74) is 0. The quantitative estimate of drug-likeness (QED) is 0.757. The minimum absolute atomic E-state index is 0.709. The van der Waals surface area contributed by atoms with E-state index >= 15 is 0 Å². The van der Waals surface area contributed by atoms with Gasteiger partial charge in [-0.25, -0.2) is 0 Å². The molecule has 0 saturated carbocycles. The Hall–Kier alpha value is -0.120. The van der Waals surface area contributed by atoms with Crippen LogP contribution in [0.25, 0.3) is 0 Å². The van der Waals surface area contributed by atoms with Crippen molar-refractivity contribution in [3.05, 3.63) is 0 Å². The first kappa shape index (κ1) is 17.9. The average molecular weight is 258 g/mol. The van der Waals surface area contributed by atoms with E-state index in [9.17, 15) is 0 Å². The molecule has 2 aliphatic heterocycles. The van der Waals surface area contributed by atoms with Gasteiger partial charge in [-0.15, -0.1) is 0 Å². The highest BCUT2D eigenvalue weighted by Crippen LogP contribution is 2.18. The molecule has 3 nitrogen and oxygen atoms in total. The molecule has 18 heavy (non-hydrogen) atoms. The molecule has 2 fully saturated rings. The molecule has 0 aliphatic carbocycles. The summed E-state index contributed by atoms with van der Waals surface area (Å²) < 4.78 is 5.38. The Bertz CT molecular complexity index is 179. The standard InChI is InChI=1S/C11H22N2O.2C2H6/c1-10(2)13-4-3-11(9-13)12-5-7-14-8-6-12;2*1-2/h10-11H,3-9H2,1-2H3;2*1-2H3. The van der Waals surface area contributed by atoms with Crippen LogP contribution in [0.15, 0.2) is 0 Å². The van der Waals surface area contributed by atoms with Gasteiger partial charge in [0.25, 0.3) is 0 Å². The van der Waals surface area contributed by atoms with Crippen molar-refractivity contribution in [1.29, 1.82) is 0 Å². The fourth-order valence-electron chi connectivity index (χ4n) is 2.48. The van der Waals surface area contributed by atoms with E-state index in [0.717, 1.165) is 32.3 Å². The maximum atomic E-state index is 5.38. The Balaban J connectivity index is 0.000000659. The number of morpholine rings is 1. The Morgan fingerprint density at radius 1 is 0.944 bits per heavy atom. The highest BCUT2D eigenvalue weighted by Gasteiger charge is 2.29. The number of nitrogens with zero attached hydrogens (tertiary/aromatic N) is 2. The molecular weight excluding hydrogens is 224 g/mol. The molecule has 2 aliphatic rings. The third-order valence-corrected chi connectivity index (χ3v) is 3.49. The number of likely N-dealkylation sites (tertiary alicyclic amines) is 1. The van der Waals surface area contributed by atoms with Crippen molar-refractivity contribution in [2.24, 2.45) is 0 Å². The summed E-state index contributed by atoms with van der Waals surface area (Å²) in [6, 6.07) is 1.50. The number of ether oxygens (including phenoxy) is 1. The van der Waals surface area contributed by atoms with E-state index in [1.807, 2.05) is 27.7 Å². The van der Waals surface area contributed by atoms with Crippen molar-refractivity contribution in [2.45, 2.75) is 60.0 Å². The number of hydrogen-bond acceptors (Lipinski definition) is 3. The molecule has 1 atom stereocenters. The topological polar surface area (TPSA) is 15.7 Å².